The van der Waals surface area contributed by atoms with Crippen LogP contribution in [0.4, 0.5) is 0 Å². The average molecular weight is 487 g/mol. The Morgan fingerprint density at radius 1 is 0.912 bits per heavy atom. The second-order valence-corrected chi connectivity index (χ2v) is 9.36. The summed E-state index contributed by atoms with van der Waals surface area (Å²) in [5.41, 5.74) is 6.27. The highest BCUT2D eigenvalue weighted by Gasteiger charge is 2.17. The summed E-state index contributed by atoms with van der Waals surface area (Å²) in [7, 11) is 1.64. The molecule has 0 radical (unpaired) electrons. The standard InChI is InChI=1S/C27H23ClN4OS/c1-17-9-11-22(13-18(17)2)32-26(19-7-5-4-6-8-19)30-31-27(32)34-16-21-14-20-10-12-23(33-3)15-24(20)29-25(21)28/h4-15H,16H2,1-3H3. The van der Waals surface area contributed by atoms with Crippen molar-refractivity contribution in [1.29, 1.82) is 0 Å². The van der Waals surface area contributed by atoms with Gasteiger partial charge in [0, 0.05) is 28.3 Å². The molecule has 5 aromatic rings. The van der Waals surface area contributed by atoms with E-state index in [2.05, 4.69) is 70.0 Å². The SMILES string of the molecule is COc1ccc2cc(CSc3nnc(-c4ccccc4)n3-c3ccc(C)c(C)c3)c(Cl)nc2c1. The van der Waals surface area contributed by atoms with Gasteiger partial charge in [0.25, 0.3) is 0 Å². The molecule has 0 atom stereocenters. The summed E-state index contributed by atoms with van der Waals surface area (Å²) in [5.74, 6) is 2.18. The molecule has 0 aliphatic heterocycles. The van der Waals surface area contributed by atoms with E-state index in [1.807, 2.05) is 36.4 Å². The summed E-state index contributed by atoms with van der Waals surface area (Å²) in [6.07, 6.45) is 0. The van der Waals surface area contributed by atoms with Crippen molar-refractivity contribution in [3.63, 3.8) is 0 Å². The molecule has 0 unspecified atom stereocenters. The van der Waals surface area contributed by atoms with Gasteiger partial charge in [-0.1, -0.05) is 59.8 Å². The minimum Gasteiger partial charge on any atom is -0.497 e. The van der Waals surface area contributed by atoms with E-state index >= 15 is 0 Å². The Hall–Kier alpha value is -3.35. The van der Waals surface area contributed by atoms with E-state index in [1.165, 1.54) is 11.1 Å². The van der Waals surface area contributed by atoms with Crippen LogP contribution in [0.25, 0.3) is 28.0 Å². The second kappa shape index (κ2) is 9.49. The topological polar surface area (TPSA) is 52.8 Å². The van der Waals surface area contributed by atoms with E-state index in [9.17, 15) is 0 Å². The Morgan fingerprint density at radius 3 is 2.50 bits per heavy atom. The lowest BCUT2D eigenvalue weighted by Gasteiger charge is -2.13. The molecule has 34 heavy (non-hydrogen) atoms. The first-order valence-electron chi connectivity index (χ1n) is 10.9. The molecule has 5 rings (SSSR count). The minimum absolute atomic E-state index is 0.480. The molecule has 0 saturated carbocycles. The molecule has 0 fully saturated rings. The first kappa shape index (κ1) is 22.4. The molecule has 0 N–H and O–H groups in total. The van der Waals surface area contributed by atoms with Gasteiger partial charge in [0.05, 0.1) is 18.3 Å². The Bertz CT molecular complexity index is 1480. The van der Waals surface area contributed by atoms with Crippen LogP contribution < -0.4 is 4.74 Å². The lowest BCUT2D eigenvalue weighted by molar-refractivity contribution is 0.415. The van der Waals surface area contributed by atoms with E-state index in [0.717, 1.165) is 44.4 Å². The summed E-state index contributed by atoms with van der Waals surface area (Å²) < 4.78 is 7.41. The summed E-state index contributed by atoms with van der Waals surface area (Å²) in [4.78, 5) is 4.58. The number of aromatic nitrogens is 4. The number of thioether (sulfide) groups is 1. The molecule has 3 aromatic carbocycles. The van der Waals surface area contributed by atoms with Crippen LogP contribution in [0.2, 0.25) is 5.15 Å². The molecule has 2 heterocycles. The third-order valence-corrected chi connectivity index (χ3v) is 7.13. The molecule has 0 aliphatic rings. The zero-order chi connectivity index (χ0) is 23.7. The van der Waals surface area contributed by atoms with Crippen LogP contribution in [0.5, 0.6) is 5.75 Å². The van der Waals surface area contributed by atoms with Crippen molar-refractivity contribution >= 4 is 34.3 Å². The van der Waals surface area contributed by atoms with Crippen LogP contribution in [-0.2, 0) is 5.75 Å². The van der Waals surface area contributed by atoms with Crippen molar-refractivity contribution in [2.24, 2.45) is 0 Å². The zero-order valence-corrected chi connectivity index (χ0v) is 20.7. The molecule has 0 bridgehead atoms. The summed E-state index contributed by atoms with van der Waals surface area (Å²) in [6.45, 7) is 4.23. The van der Waals surface area contributed by atoms with E-state index in [0.29, 0.717) is 10.9 Å². The van der Waals surface area contributed by atoms with Gasteiger partial charge in [-0.2, -0.15) is 0 Å². The van der Waals surface area contributed by atoms with Gasteiger partial charge in [0.2, 0.25) is 0 Å². The van der Waals surface area contributed by atoms with Crippen molar-refractivity contribution in [2.75, 3.05) is 7.11 Å². The first-order valence-corrected chi connectivity index (χ1v) is 12.2. The van der Waals surface area contributed by atoms with Gasteiger partial charge in [-0.25, -0.2) is 4.98 Å². The third kappa shape index (κ3) is 4.39. The fourth-order valence-electron chi connectivity index (χ4n) is 3.77. The van der Waals surface area contributed by atoms with Gasteiger partial charge in [-0.15, -0.1) is 10.2 Å². The van der Waals surface area contributed by atoms with Crippen LogP contribution in [0.3, 0.4) is 0 Å². The lowest BCUT2D eigenvalue weighted by atomic mass is 10.1. The van der Waals surface area contributed by atoms with Crippen LogP contribution in [0.15, 0.2) is 78.0 Å². The predicted molar refractivity (Wildman–Crippen MR) is 139 cm³/mol. The lowest BCUT2D eigenvalue weighted by Crippen LogP contribution is -2.01. The first-order chi connectivity index (χ1) is 16.5. The molecule has 0 aliphatic carbocycles. The maximum Gasteiger partial charge on any atom is 0.196 e. The van der Waals surface area contributed by atoms with Crippen LogP contribution in [0, 0.1) is 13.8 Å². The smallest absolute Gasteiger partial charge is 0.196 e. The van der Waals surface area contributed by atoms with Gasteiger partial charge in [-0.3, -0.25) is 4.57 Å². The fourth-order valence-corrected chi connectivity index (χ4v) is 4.99. The number of ether oxygens (including phenoxy) is 1. The number of nitrogens with zero attached hydrogens (tertiary/aromatic N) is 4. The highest BCUT2D eigenvalue weighted by molar-refractivity contribution is 7.98. The predicted octanol–water partition coefficient (Wildman–Crippen LogP) is 7.05. The number of hydrogen-bond donors (Lipinski definition) is 0. The minimum atomic E-state index is 0.480. The molecule has 0 spiro atoms. The molecule has 2 aromatic heterocycles. The van der Waals surface area contributed by atoms with Crippen molar-refractivity contribution in [2.45, 2.75) is 24.8 Å². The summed E-state index contributed by atoms with van der Waals surface area (Å²) >= 11 is 8.14. The van der Waals surface area contributed by atoms with E-state index in [4.69, 9.17) is 16.3 Å². The number of pyridine rings is 1. The van der Waals surface area contributed by atoms with Crippen molar-refractivity contribution in [3.8, 4) is 22.8 Å². The Morgan fingerprint density at radius 2 is 1.74 bits per heavy atom. The molecule has 7 heteroatoms. The molecular formula is C27H23ClN4OS. The largest absolute Gasteiger partial charge is 0.497 e. The average Bonchev–Trinajstić information content (AvgIpc) is 3.28. The van der Waals surface area contributed by atoms with Gasteiger partial charge in [0.1, 0.15) is 10.9 Å². The number of methoxy groups -OCH3 is 1. The Kier molecular flexibility index (Phi) is 6.26. The number of hydrogen-bond acceptors (Lipinski definition) is 5. The summed E-state index contributed by atoms with van der Waals surface area (Å²) in [5, 5.41) is 11.4. The second-order valence-electron chi connectivity index (χ2n) is 8.06. The molecule has 0 amide bonds. The van der Waals surface area contributed by atoms with Crippen molar-refractivity contribution < 1.29 is 4.74 Å². The highest BCUT2D eigenvalue weighted by atomic mass is 35.5. The number of benzene rings is 3. The van der Waals surface area contributed by atoms with E-state index in [-0.39, 0.29) is 0 Å². The normalized spacial score (nSPS) is 11.2. The monoisotopic (exact) mass is 486 g/mol. The third-order valence-electron chi connectivity index (χ3n) is 5.82. The summed E-state index contributed by atoms with van der Waals surface area (Å²) in [6, 6.07) is 24.4. The molecular weight excluding hydrogens is 464 g/mol. The number of fused-ring (bicyclic) bond motifs is 1. The molecule has 170 valence electrons. The Labute approximate surface area is 207 Å². The maximum atomic E-state index is 6.55. The van der Waals surface area contributed by atoms with Crippen molar-refractivity contribution in [1.82, 2.24) is 19.7 Å². The zero-order valence-electron chi connectivity index (χ0n) is 19.1. The van der Waals surface area contributed by atoms with Gasteiger partial charge in [0.15, 0.2) is 11.0 Å². The molecule has 5 nitrogen and oxygen atoms in total. The van der Waals surface area contributed by atoms with E-state index < -0.39 is 0 Å². The quantitative estimate of drug-likeness (QED) is 0.190. The number of rotatable bonds is 6. The van der Waals surface area contributed by atoms with E-state index in [1.54, 1.807) is 18.9 Å². The van der Waals surface area contributed by atoms with Crippen LogP contribution in [0.1, 0.15) is 16.7 Å². The van der Waals surface area contributed by atoms with Gasteiger partial charge >= 0.3 is 0 Å². The van der Waals surface area contributed by atoms with Gasteiger partial charge in [-0.05, 0) is 55.3 Å². The van der Waals surface area contributed by atoms with Crippen LogP contribution in [-0.4, -0.2) is 26.9 Å². The fraction of sp³-hybridized carbons (Fsp3) is 0.148. The van der Waals surface area contributed by atoms with Crippen LogP contribution >= 0.6 is 23.4 Å². The van der Waals surface area contributed by atoms with Crippen molar-refractivity contribution in [3.05, 3.63) is 94.6 Å². The Balaban J connectivity index is 1.52. The number of halogens is 1. The number of aryl methyl sites for hydroxylation is 2. The van der Waals surface area contributed by atoms with Gasteiger partial charge < -0.3 is 4.74 Å². The maximum absolute atomic E-state index is 6.55. The molecule has 0 saturated heterocycles. The highest BCUT2D eigenvalue weighted by Crippen LogP contribution is 2.33.